The van der Waals surface area contributed by atoms with Crippen molar-refractivity contribution in [1.29, 1.82) is 0 Å². The van der Waals surface area contributed by atoms with Crippen molar-refractivity contribution >= 4 is 16.8 Å². The predicted octanol–water partition coefficient (Wildman–Crippen LogP) is 2.40. The second kappa shape index (κ2) is 10.00. The van der Waals surface area contributed by atoms with E-state index < -0.39 is 0 Å². The Bertz CT molecular complexity index is 1030. The highest BCUT2D eigenvalue weighted by molar-refractivity contribution is 6.06. The average Bonchev–Trinajstić information content (AvgIpc) is 3.26. The lowest BCUT2D eigenvalue weighted by molar-refractivity contribution is -0.0348. The predicted molar refractivity (Wildman–Crippen MR) is 118 cm³/mol. The molecule has 1 N–H and O–H groups in total. The molecule has 0 bridgehead atoms. The largest absolute Gasteiger partial charge is 0.383 e. The number of carbonyl (C=O) groups is 1. The lowest BCUT2D eigenvalue weighted by atomic mass is 10.0. The van der Waals surface area contributed by atoms with Crippen LogP contribution in [0.4, 0.5) is 0 Å². The number of aryl methyl sites for hydroxylation is 1. The molecular formula is C23H29N5O3. The van der Waals surface area contributed by atoms with Crippen LogP contribution in [0.3, 0.4) is 0 Å². The molecule has 8 heteroatoms. The molecule has 0 saturated carbocycles. The number of rotatable bonds is 8. The quantitative estimate of drug-likeness (QED) is 0.561. The molecule has 31 heavy (non-hydrogen) atoms. The SMILES string of the molecule is CCn1cc(CN2CCO[C@H](c3cc(C(=O)NCCOC)c4ccccc4n3)C2)cn1. The van der Waals surface area contributed by atoms with Gasteiger partial charge in [-0.3, -0.25) is 14.4 Å². The molecule has 1 aliphatic heterocycles. The number of para-hydroxylation sites is 1. The van der Waals surface area contributed by atoms with Crippen LogP contribution in [-0.2, 0) is 22.6 Å². The third kappa shape index (κ3) is 5.10. The van der Waals surface area contributed by atoms with Crippen LogP contribution in [-0.4, -0.2) is 65.5 Å². The Hall–Kier alpha value is -2.81. The van der Waals surface area contributed by atoms with E-state index >= 15 is 0 Å². The molecule has 1 aliphatic rings. The van der Waals surface area contributed by atoms with Gasteiger partial charge in [-0.2, -0.15) is 5.10 Å². The fraction of sp³-hybridized carbons (Fsp3) is 0.435. The van der Waals surface area contributed by atoms with E-state index in [9.17, 15) is 4.79 Å². The van der Waals surface area contributed by atoms with Crippen molar-refractivity contribution in [1.82, 2.24) is 25.0 Å². The van der Waals surface area contributed by atoms with Crippen LogP contribution in [0.25, 0.3) is 10.9 Å². The summed E-state index contributed by atoms with van der Waals surface area (Å²) in [6, 6.07) is 9.59. The van der Waals surface area contributed by atoms with Crippen molar-refractivity contribution in [2.24, 2.45) is 0 Å². The number of aromatic nitrogens is 3. The topological polar surface area (TPSA) is 81.5 Å². The molecule has 2 aromatic heterocycles. The summed E-state index contributed by atoms with van der Waals surface area (Å²) < 4.78 is 13.0. The zero-order chi connectivity index (χ0) is 21.6. The highest BCUT2D eigenvalue weighted by Gasteiger charge is 2.25. The zero-order valence-electron chi connectivity index (χ0n) is 18.1. The van der Waals surface area contributed by atoms with Crippen LogP contribution in [0.1, 0.15) is 34.6 Å². The van der Waals surface area contributed by atoms with Crippen LogP contribution in [0.15, 0.2) is 42.7 Å². The number of pyridine rings is 1. The molecule has 1 atom stereocenters. The molecule has 8 nitrogen and oxygen atoms in total. The Morgan fingerprint density at radius 2 is 2.23 bits per heavy atom. The van der Waals surface area contributed by atoms with Crippen LogP contribution in [0.5, 0.6) is 0 Å². The lowest BCUT2D eigenvalue weighted by Gasteiger charge is -2.32. The van der Waals surface area contributed by atoms with Gasteiger partial charge >= 0.3 is 0 Å². The number of methoxy groups -OCH3 is 1. The van der Waals surface area contributed by atoms with Crippen LogP contribution in [0.2, 0.25) is 0 Å². The highest BCUT2D eigenvalue weighted by atomic mass is 16.5. The Balaban J connectivity index is 1.55. The van der Waals surface area contributed by atoms with Gasteiger partial charge in [0.1, 0.15) is 6.10 Å². The molecule has 3 aromatic rings. The van der Waals surface area contributed by atoms with E-state index in [2.05, 4.69) is 28.4 Å². The zero-order valence-corrected chi connectivity index (χ0v) is 18.1. The van der Waals surface area contributed by atoms with E-state index in [-0.39, 0.29) is 12.0 Å². The van der Waals surface area contributed by atoms with Crippen molar-refractivity contribution < 1.29 is 14.3 Å². The van der Waals surface area contributed by atoms with Crippen LogP contribution < -0.4 is 5.32 Å². The molecule has 1 amide bonds. The Morgan fingerprint density at radius 3 is 3.03 bits per heavy atom. The van der Waals surface area contributed by atoms with Gasteiger partial charge in [0, 0.05) is 57.0 Å². The molecule has 0 spiro atoms. The number of benzene rings is 1. The molecule has 164 valence electrons. The maximum atomic E-state index is 12.8. The number of carbonyl (C=O) groups excluding carboxylic acids is 1. The van der Waals surface area contributed by atoms with E-state index in [4.69, 9.17) is 14.5 Å². The molecule has 0 aliphatic carbocycles. The second-order valence-corrected chi connectivity index (χ2v) is 7.66. The minimum Gasteiger partial charge on any atom is -0.383 e. The average molecular weight is 424 g/mol. The Morgan fingerprint density at radius 1 is 1.35 bits per heavy atom. The number of nitrogens with one attached hydrogen (secondary N) is 1. The minimum atomic E-state index is -0.190. The summed E-state index contributed by atoms with van der Waals surface area (Å²) in [5.74, 6) is -0.128. The van der Waals surface area contributed by atoms with E-state index in [1.807, 2.05) is 41.2 Å². The van der Waals surface area contributed by atoms with E-state index in [1.165, 1.54) is 5.56 Å². The van der Waals surface area contributed by atoms with Crippen molar-refractivity contribution in [3.8, 4) is 0 Å². The molecule has 1 aromatic carbocycles. The highest BCUT2D eigenvalue weighted by Crippen LogP contribution is 2.26. The molecule has 0 radical (unpaired) electrons. The van der Waals surface area contributed by atoms with Gasteiger partial charge in [-0.25, -0.2) is 4.98 Å². The summed E-state index contributed by atoms with van der Waals surface area (Å²) in [5, 5.41) is 8.12. The molecule has 1 fully saturated rings. The van der Waals surface area contributed by atoms with Gasteiger partial charge in [0.2, 0.25) is 0 Å². The maximum absolute atomic E-state index is 12.8. The monoisotopic (exact) mass is 423 g/mol. The Kier molecular flexibility index (Phi) is 6.91. The summed E-state index contributed by atoms with van der Waals surface area (Å²) in [4.78, 5) is 20.0. The van der Waals surface area contributed by atoms with Gasteiger partial charge in [-0.05, 0) is 19.1 Å². The number of hydrogen-bond donors (Lipinski definition) is 1. The third-order valence-electron chi connectivity index (χ3n) is 5.47. The standard InChI is InChI=1S/C23H29N5O3/c1-3-28-15-17(13-25-28)14-27-9-11-31-22(16-27)21-12-19(23(29)24-8-10-30-2)18-6-4-5-7-20(18)26-21/h4-7,12-13,15,22H,3,8-11,14,16H2,1-2H3,(H,24,29)/t22-/m0/s1. The molecule has 1 saturated heterocycles. The number of nitrogens with zero attached hydrogens (tertiary/aromatic N) is 4. The number of ether oxygens (including phenoxy) is 2. The van der Waals surface area contributed by atoms with Crippen molar-refractivity contribution in [3.05, 3.63) is 59.5 Å². The van der Waals surface area contributed by atoms with Gasteiger partial charge in [-0.15, -0.1) is 0 Å². The first-order chi connectivity index (χ1) is 15.2. The summed E-state index contributed by atoms with van der Waals surface area (Å²) in [7, 11) is 1.62. The molecule has 0 unspecified atom stereocenters. The molecular weight excluding hydrogens is 394 g/mol. The van der Waals surface area contributed by atoms with Gasteiger partial charge in [-0.1, -0.05) is 18.2 Å². The minimum absolute atomic E-state index is 0.128. The van der Waals surface area contributed by atoms with Gasteiger partial charge in [0.25, 0.3) is 5.91 Å². The lowest BCUT2D eigenvalue weighted by Crippen LogP contribution is -2.38. The first-order valence-corrected chi connectivity index (χ1v) is 10.7. The summed E-state index contributed by atoms with van der Waals surface area (Å²) in [5.41, 5.74) is 3.38. The fourth-order valence-corrected chi connectivity index (χ4v) is 3.85. The van der Waals surface area contributed by atoms with E-state index in [0.29, 0.717) is 31.9 Å². The molecule has 3 heterocycles. The summed E-state index contributed by atoms with van der Waals surface area (Å²) in [6.45, 7) is 6.88. The van der Waals surface area contributed by atoms with Crippen LogP contribution >= 0.6 is 0 Å². The van der Waals surface area contributed by atoms with E-state index in [1.54, 1.807) is 7.11 Å². The number of amides is 1. The first kappa shape index (κ1) is 21.4. The second-order valence-electron chi connectivity index (χ2n) is 7.66. The van der Waals surface area contributed by atoms with Gasteiger partial charge in [0.05, 0.1) is 36.2 Å². The van der Waals surface area contributed by atoms with Crippen molar-refractivity contribution in [3.63, 3.8) is 0 Å². The smallest absolute Gasteiger partial charge is 0.252 e. The number of hydrogen-bond acceptors (Lipinski definition) is 6. The summed E-state index contributed by atoms with van der Waals surface area (Å²) in [6.07, 6.45) is 3.82. The number of fused-ring (bicyclic) bond motifs is 1. The van der Waals surface area contributed by atoms with Crippen molar-refractivity contribution in [2.45, 2.75) is 26.1 Å². The maximum Gasteiger partial charge on any atom is 0.252 e. The first-order valence-electron chi connectivity index (χ1n) is 10.7. The normalized spacial score (nSPS) is 17.2. The Labute approximate surface area is 182 Å². The molecule has 4 rings (SSSR count). The third-order valence-corrected chi connectivity index (χ3v) is 5.47. The number of morpholine rings is 1. The van der Waals surface area contributed by atoms with Crippen molar-refractivity contribution in [2.75, 3.05) is 40.0 Å². The van der Waals surface area contributed by atoms with E-state index in [0.717, 1.165) is 36.2 Å². The van der Waals surface area contributed by atoms with Gasteiger partial charge < -0.3 is 14.8 Å². The van der Waals surface area contributed by atoms with Gasteiger partial charge in [0.15, 0.2) is 0 Å². The fourth-order valence-electron chi connectivity index (χ4n) is 3.85. The summed E-state index contributed by atoms with van der Waals surface area (Å²) >= 11 is 0. The van der Waals surface area contributed by atoms with Crippen LogP contribution in [0, 0.1) is 0 Å².